The maximum atomic E-state index is 11.0. The first-order valence-electron chi connectivity index (χ1n) is 3.66. The molecule has 0 bridgehead atoms. The lowest BCUT2D eigenvalue weighted by molar-refractivity contribution is 0.206. The SMILES string of the molecule is C#CCN(CCC)C(=O)NC. The van der Waals surface area contributed by atoms with E-state index in [4.69, 9.17) is 6.42 Å². The van der Waals surface area contributed by atoms with E-state index in [9.17, 15) is 4.79 Å². The Labute approximate surface area is 67.8 Å². The Hall–Kier alpha value is -1.17. The molecule has 0 aromatic heterocycles. The summed E-state index contributed by atoms with van der Waals surface area (Å²) >= 11 is 0. The molecule has 0 rings (SSSR count). The highest BCUT2D eigenvalue weighted by atomic mass is 16.2. The smallest absolute Gasteiger partial charge is 0.317 e. The van der Waals surface area contributed by atoms with Crippen LogP contribution in [-0.4, -0.2) is 31.1 Å². The lowest BCUT2D eigenvalue weighted by Gasteiger charge is -2.18. The van der Waals surface area contributed by atoms with Crippen LogP contribution in [0.3, 0.4) is 0 Å². The molecule has 0 heterocycles. The molecule has 0 radical (unpaired) electrons. The van der Waals surface area contributed by atoms with Crippen LogP contribution in [0.2, 0.25) is 0 Å². The predicted octanol–water partition coefficient (Wildman–Crippen LogP) is 0.671. The number of amides is 2. The number of nitrogens with zero attached hydrogens (tertiary/aromatic N) is 1. The molecule has 0 unspecified atom stereocenters. The Morgan fingerprint density at radius 1 is 1.73 bits per heavy atom. The summed E-state index contributed by atoms with van der Waals surface area (Å²) in [7, 11) is 1.60. The molecule has 0 spiro atoms. The monoisotopic (exact) mass is 154 g/mol. The second kappa shape index (κ2) is 5.60. The van der Waals surface area contributed by atoms with Crippen molar-refractivity contribution >= 4 is 6.03 Å². The fraction of sp³-hybridized carbons (Fsp3) is 0.625. The van der Waals surface area contributed by atoms with Crippen molar-refractivity contribution in [3.63, 3.8) is 0 Å². The summed E-state index contributed by atoms with van der Waals surface area (Å²) in [5.41, 5.74) is 0. The van der Waals surface area contributed by atoms with Gasteiger partial charge in [-0.15, -0.1) is 6.42 Å². The third kappa shape index (κ3) is 3.51. The lowest BCUT2D eigenvalue weighted by Crippen LogP contribution is -2.38. The van der Waals surface area contributed by atoms with Gasteiger partial charge in [0.1, 0.15) is 0 Å². The first kappa shape index (κ1) is 9.83. The van der Waals surface area contributed by atoms with Gasteiger partial charge in [-0.05, 0) is 6.42 Å². The molecule has 0 aliphatic carbocycles. The van der Waals surface area contributed by atoms with Gasteiger partial charge in [-0.25, -0.2) is 4.79 Å². The molecule has 0 atom stereocenters. The number of terminal acetylenes is 1. The Kier molecular flexibility index (Phi) is 5.01. The van der Waals surface area contributed by atoms with Crippen LogP contribution in [0.5, 0.6) is 0 Å². The summed E-state index contributed by atoms with van der Waals surface area (Å²) in [6.45, 7) is 3.10. The van der Waals surface area contributed by atoms with Crippen molar-refractivity contribution in [3.8, 4) is 12.3 Å². The molecule has 11 heavy (non-hydrogen) atoms. The molecule has 1 N–H and O–H groups in total. The number of hydrogen-bond acceptors (Lipinski definition) is 1. The standard InChI is InChI=1S/C8H14N2O/c1-4-6-10(7-5-2)8(11)9-3/h1H,5-7H2,2-3H3,(H,9,11). The van der Waals surface area contributed by atoms with Crippen LogP contribution in [0.1, 0.15) is 13.3 Å². The van der Waals surface area contributed by atoms with E-state index >= 15 is 0 Å². The second-order valence-electron chi connectivity index (χ2n) is 2.18. The molecule has 3 nitrogen and oxygen atoms in total. The molecule has 0 aliphatic rings. The predicted molar refractivity (Wildman–Crippen MR) is 45.2 cm³/mol. The van der Waals surface area contributed by atoms with Crippen LogP contribution in [0.4, 0.5) is 4.79 Å². The van der Waals surface area contributed by atoms with Crippen molar-refractivity contribution in [2.45, 2.75) is 13.3 Å². The molecule has 3 heteroatoms. The van der Waals surface area contributed by atoms with Gasteiger partial charge in [-0.2, -0.15) is 0 Å². The van der Waals surface area contributed by atoms with Gasteiger partial charge < -0.3 is 10.2 Å². The van der Waals surface area contributed by atoms with Gasteiger partial charge in [0.25, 0.3) is 0 Å². The summed E-state index contributed by atoms with van der Waals surface area (Å²) in [5.74, 6) is 2.43. The van der Waals surface area contributed by atoms with Crippen LogP contribution >= 0.6 is 0 Å². The zero-order valence-corrected chi connectivity index (χ0v) is 7.05. The summed E-state index contributed by atoms with van der Waals surface area (Å²) in [6.07, 6.45) is 6.01. The van der Waals surface area contributed by atoms with Crippen LogP contribution < -0.4 is 5.32 Å². The third-order valence-corrected chi connectivity index (χ3v) is 1.28. The fourth-order valence-electron chi connectivity index (χ4n) is 0.791. The average Bonchev–Trinajstić information content (AvgIpc) is 2.03. The lowest BCUT2D eigenvalue weighted by atomic mass is 10.4. The molecule has 2 amide bonds. The molecule has 0 fully saturated rings. The molecule has 0 saturated carbocycles. The molecule has 0 aliphatic heterocycles. The Bertz CT molecular complexity index is 160. The number of urea groups is 1. The van der Waals surface area contributed by atoms with Gasteiger partial charge in [0.2, 0.25) is 0 Å². The minimum Gasteiger partial charge on any atom is -0.341 e. The van der Waals surface area contributed by atoms with Crippen molar-refractivity contribution < 1.29 is 4.79 Å². The zero-order valence-electron chi connectivity index (χ0n) is 7.05. The van der Waals surface area contributed by atoms with E-state index in [0.29, 0.717) is 13.1 Å². The Morgan fingerprint density at radius 2 is 2.36 bits per heavy atom. The summed E-state index contributed by atoms with van der Waals surface area (Å²) in [4.78, 5) is 12.6. The molecular formula is C8H14N2O. The number of hydrogen-bond donors (Lipinski definition) is 1. The van der Waals surface area contributed by atoms with Crippen molar-refractivity contribution in [3.05, 3.63) is 0 Å². The van der Waals surface area contributed by atoms with Gasteiger partial charge in [0.05, 0.1) is 6.54 Å². The molecule has 0 saturated heterocycles. The highest BCUT2D eigenvalue weighted by Crippen LogP contribution is 1.90. The Balaban J connectivity index is 3.89. The van der Waals surface area contributed by atoms with Crippen LogP contribution in [0.25, 0.3) is 0 Å². The van der Waals surface area contributed by atoms with Gasteiger partial charge in [-0.1, -0.05) is 12.8 Å². The first-order valence-corrected chi connectivity index (χ1v) is 3.66. The van der Waals surface area contributed by atoms with Crippen LogP contribution in [0.15, 0.2) is 0 Å². The number of rotatable bonds is 3. The van der Waals surface area contributed by atoms with Crippen LogP contribution in [0, 0.1) is 12.3 Å². The zero-order chi connectivity index (χ0) is 8.69. The second-order valence-corrected chi connectivity index (χ2v) is 2.18. The number of nitrogens with one attached hydrogen (secondary N) is 1. The van der Waals surface area contributed by atoms with Gasteiger partial charge in [-0.3, -0.25) is 0 Å². The molecule has 0 aromatic rings. The van der Waals surface area contributed by atoms with Gasteiger partial charge in [0.15, 0.2) is 0 Å². The maximum Gasteiger partial charge on any atom is 0.317 e. The van der Waals surface area contributed by atoms with E-state index in [1.54, 1.807) is 11.9 Å². The first-order chi connectivity index (χ1) is 5.26. The third-order valence-electron chi connectivity index (χ3n) is 1.28. The van der Waals surface area contributed by atoms with E-state index in [1.807, 2.05) is 6.92 Å². The van der Waals surface area contributed by atoms with Crippen molar-refractivity contribution in [1.29, 1.82) is 0 Å². The normalized spacial score (nSPS) is 8.45. The van der Waals surface area contributed by atoms with Gasteiger partial charge in [0, 0.05) is 13.6 Å². The molecular weight excluding hydrogens is 140 g/mol. The summed E-state index contributed by atoms with van der Waals surface area (Å²) < 4.78 is 0. The topological polar surface area (TPSA) is 32.3 Å². The van der Waals surface area contributed by atoms with Crippen molar-refractivity contribution in [2.24, 2.45) is 0 Å². The molecule has 0 aromatic carbocycles. The minimum absolute atomic E-state index is 0.107. The highest BCUT2D eigenvalue weighted by Gasteiger charge is 2.07. The van der Waals surface area contributed by atoms with E-state index in [1.165, 1.54) is 0 Å². The number of carbonyl (C=O) groups excluding carboxylic acids is 1. The van der Waals surface area contributed by atoms with E-state index < -0.39 is 0 Å². The fourth-order valence-corrected chi connectivity index (χ4v) is 0.791. The maximum absolute atomic E-state index is 11.0. The van der Waals surface area contributed by atoms with Gasteiger partial charge >= 0.3 is 6.03 Å². The van der Waals surface area contributed by atoms with E-state index in [0.717, 1.165) is 6.42 Å². The Morgan fingerprint density at radius 3 is 2.73 bits per heavy atom. The molecule has 62 valence electrons. The minimum atomic E-state index is -0.107. The van der Waals surface area contributed by atoms with E-state index in [-0.39, 0.29) is 6.03 Å². The van der Waals surface area contributed by atoms with Crippen molar-refractivity contribution in [2.75, 3.05) is 20.1 Å². The summed E-state index contributed by atoms with van der Waals surface area (Å²) in [5, 5.41) is 2.53. The van der Waals surface area contributed by atoms with Crippen molar-refractivity contribution in [1.82, 2.24) is 10.2 Å². The number of carbonyl (C=O) groups is 1. The largest absolute Gasteiger partial charge is 0.341 e. The highest BCUT2D eigenvalue weighted by molar-refractivity contribution is 5.74. The quantitative estimate of drug-likeness (QED) is 0.595. The summed E-state index contributed by atoms with van der Waals surface area (Å²) in [6, 6.07) is -0.107. The van der Waals surface area contributed by atoms with E-state index in [2.05, 4.69) is 11.2 Å². The van der Waals surface area contributed by atoms with Crippen LogP contribution in [-0.2, 0) is 0 Å². The average molecular weight is 154 g/mol.